The van der Waals surface area contributed by atoms with Crippen molar-refractivity contribution in [2.75, 3.05) is 12.4 Å². The minimum absolute atomic E-state index is 0.0626. The fourth-order valence-electron chi connectivity index (χ4n) is 3.34. The molecule has 2 aliphatic rings. The van der Waals surface area contributed by atoms with Gasteiger partial charge in [-0.05, 0) is 47.5 Å². The van der Waals surface area contributed by atoms with Crippen molar-refractivity contribution >= 4 is 28.9 Å². The van der Waals surface area contributed by atoms with E-state index in [4.69, 9.17) is 11.6 Å². The summed E-state index contributed by atoms with van der Waals surface area (Å²) in [5.41, 5.74) is 5.82. The van der Waals surface area contributed by atoms with Gasteiger partial charge in [0.2, 0.25) is 0 Å². The highest BCUT2D eigenvalue weighted by Crippen LogP contribution is 2.41. The van der Waals surface area contributed by atoms with Crippen LogP contribution in [0.2, 0.25) is 5.02 Å². The molecule has 4 rings (SSSR count). The number of oxime groups is 1. The standard InChI is InChI=1S/C17H14ClN3O2/c1-21-7-13-11(9-2-4-10(18)5-3-9)6-12-15(14(13)8-21)19-17(22)16(12)20-23/h2-6,23H,7-8H2,1H3,(H,19,20,22). The monoisotopic (exact) mass is 327 g/mol. The van der Waals surface area contributed by atoms with Crippen molar-refractivity contribution in [3.05, 3.63) is 52.0 Å². The molecule has 5 nitrogen and oxygen atoms in total. The Bertz CT molecular complexity index is 859. The highest BCUT2D eigenvalue weighted by atomic mass is 35.5. The van der Waals surface area contributed by atoms with Crippen molar-refractivity contribution in [3.8, 4) is 11.1 Å². The number of nitrogens with zero attached hydrogens (tertiary/aromatic N) is 2. The Morgan fingerprint density at radius 3 is 2.57 bits per heavy atom. The number of rotatable bonds is 1. The first-order valence-corrected chi connectivity index (χ1v) is 7.63. The number of hydrogen-bond donors (Lipinski definition) is 2. The van der Waals surface area contributed by atoms with Crippen LogP contribution in [0.5, 0.6) is 0 Å². The van der Waals surface area contributed by atoms with Gasteiger partial charge in [0.15, 0.2) is 5.71 Å². The zero-order chi connectivity index (χ0) is 16.1. The lowest BCUT2D eigenvalue weighted by Gasteiger charge is -2.12. The summed E-state index contributed by atoms with van der Waals surface area (Å²) in [4.78, 5) is 14.2. The van der Waals surface area contributed by atoms with E-state index in [0.29, 0.717) is 10.6 Å². The summed E-state index contributed by atoms with van der Waals surface area (Å²) in [6, 6.07) is 9.54. The van der Waals surface area contributed by atoms with Crippen LogP contribution in [0.3, 0.4) is 0 Å². The summed E-state index contributed by atoms with van der Waals surface area (Å²) in [6.07, 6.45) is 0. The van der Waals surface area contributed by atoms with Crippen LogP contribution in [0, 0.1) is 0 Å². The normalized spacial score (nSPS) is 18.2. The highest BCUT2D eigenvalue weighted by molar-refractivity contribution is 6.54. The van der Waals surface area contributed by atoms with Gasteiger partial charge in [0, 0.05) is 23.7 Å². The molecule has 2 aliphatic heterocycles. The van der Waals surface area contributed by atoms with Gasteiger partial charge in [-0.2, -0.15) is 0 Å². The summed E-state index contributed by atoms with van der Waals surface area (Å²) in [7, 11) is 2.04. The Kier molecular flexibility index (Phi) is 3.14. The van der Waals surface area contributed by atoms with E-state index >= 15 is 0 Å². The summed E-state index contributed by atoms with van der Waals surface area (Å²) < 4.78 is 0. The van der Waals surface area contributed by atoms with Crippen molar-refractivity contribution in [1.82, 2.24) is 4.90 Å². The number of anilines is 1. The van der Waals surface area contributed by atoms with Crippen molar-refractivity contribution in [1.29, 1.82) is 0 Å². The second-order valence-corrected chi connectivity index (χ2v) is 6.32. The van der Waals surface area contributed by atoms with Gasteiger partial charge >= 0.3 is 0 Å². The zero-order valence-electron chi connectivity index (χ0n) is 12.4. The molecule has 0 bridgehead atoms. The maximum absolute atomic E-state index is 12.0. The Hall–Kier alpha value is -2.37. The number of carbonyl (C=O) groups is 1. The van der Waals surface area contributed by atoms with Crippen LogP contribution >= 0.6 is 11.6 Å². The minimum atomic E-state index is -0.368. The molecule has 0 aromatic heterocycles. The van der Waals surface area contributed by atoms with Crippen molar-refractivity contribution in [2.24, 2.45) is 5.16 Å². The molecule has 116 valence electrons. The first-order chi connectivity index (χ1) is 11.1. The molecular weight excluding hydrogens is 314 g/mol. The lowest BCUT2D eigenvalue weighted by Crippen LogP contribution is -2.14. The van der Waals surface area contributed by atoms with Gasteiger partial charge in [-0.25, -0.2) is 0 Å². The van der Waals surface area contributed by atoms with Crippen LogP contribution < -0.4 is 5.32 Å². The van der Waals surface area contributed by atoms with Gasteiger partial charge in [0.1, 0.15) is 0 Å². The molecule has 0 saturated heterocycles. The third kappa shape index (κ3) is 2.12. The van der Waals surface area contributed by atoms with E-state index in [9.17, 15) is 10.0 Å². The van der Waals surface area contributed by atoms with Crippen molar-refractivity contribution in [2.45, 2.75) is 13.1 Å². The molecule has 0 radical (unpaired) electrons. The average Bonchev–Trinajstić information content (AvgIpc) is 3.06. The first kappa shape index (κ1) is 14.2. The predicted octanol–water partition coefficient (Wildman–Crippen LogP) is 3.08. The summed E-state index contributed by atoms with van der Waals surface area (Å²) in [5.74, 6) is -0.368. The van der Waals surface area contributed by atoms with Gasteiger partial charge in [-0.1, -0.05) is 28.9 Å². The van der Waals surface area contributed by atoms with Gasteiger partial charge in [-0.15, -0.1) is 0 Å². The Morgan fingerprint density at radius 2 is 1.87 bits per heavy atom. The van der Waals surface area contributed by atoms with Crippen LogP contribution in [-0.2, 0) is 17.9 Å². The number of carbonyl (C=O) groups excluding carboxylic acids is 1. The molecule has 2 N–H and O–H groups in total. The molecule has 0 fully saturated rings. The number of hydrogen-bond acceptors (Lipinski definition) is 4. The topological polar surface area (TPSA) is 64.9 Å². The predicted molar refractivity (Wildman–Crippen MR) is 89.0 cm³/mol. The summed E-state index contributed by atoms with van der Waals surface area (Å²) in [6.45, 7) is 1.56. The molecule has 1 amide bonds. The molecule has 2 aromatic rings. The molecular formula is C17H14ClN3O2. The molecule has 6 heteroatoms. The summed E-state index contributed by atoms with van der Waals surface area (Å²) >= 11 is 5.98. The van der Waals surface area contributed by atoms with E-state index in [1.807, 2.05) is 37.4 Å². The Labute approximate surface area is 138 Å². The Morgan fingerprint density at radius 1 is 1.17 bits per heavy atom. The number of fused-ring (bicyclic) bond motifs is 3. The van der Waals surface area contributed by atoms with Crippen LogP contribution in [0.4, 0.5) is 5.69 Å². The smallest absolute Gasteiger partial charge is 0.278 e. The van der Waals surface area contributed by atoms with Crippen molar-refractivity contribution < 1.29 is 10.0 Å². The van der Waals surface area contributed by atoms with Gasteiger partial charge in [0.25, 0.3) is 5.91 Å². The van der Waals surface area contributed by atoms with E-state index in [2.05, 4.69) is 15.4 Å². The van der Waals surface area contributed by atoms with E-state index in [1.165, 1.54) is 5.56 Å². The number of benzene rings is 2. The number of amides is 1. The molecule has 23 heavy (non-hydrogen) atoms. The van der Waals surface area contributed by atoms with Gasteiger partial charge in [0.05, 0.1) is 5.69 Å². The van der Waals surface area contributed by atoms with Crippen LogP contribution in [0.1, 0.15) is 16.7 Å². The maximum atomic E-state index is 12.0. The molecule has 0 aliphatic carbocycles. The van der Waals surface area contributed by atoms with Gasteiger partial charge in [-0.3, -0.25) is 9.69 Å². The van der Waals surface area contributed by atoms with Gasteiger partial charge < -0.3 is 10.5 Å². The largest absolute Gasteiger partial charge is 0.410 e. The van der Waals surface area contributed by atoms with Crippen molar-refractivity contribution in [3.63, 3.8) is 0 Å². The van der Waals surface area contributed by atoms with E-state index in [0.717, 1.165) is 35.5 Å². The fourth-order valence-corrected chi connectivity index (χ4v) is 3.47. The van der Waals surface area contributed by atoms with E-state index in [-0.39, 0.29) is 11.6 Å². The lowest BCUT2D eigenvalue weighted by atomic mass is 9.92. The van der Waals surface area contributed by atoms with E-state index in [1.54, 1.807) is 0 Å². The fraction of sp³-hybridized carbons (Fsp3) is 0.176. The quantitative estimate of drug-likeness (QED) is 0.625. The van der Waals surface area contributed by atoms with Crippen LogP contribution in [0.25, 0.3) is 11.1 Å². The van der Waals surface area contributed by atoms with Crippen LogP contribution in [0.15, 0.2) is 35.5 Å². The molecule has 0 saturated carbocycles. The van der Waals surface area contributed by atoms with E-state index < -0.39 is 0 Å². The number of nitrogens with one attached hydrogen (secondary N) is 1. The highest BCUT2D eigenvalue weighted by Gasteiger charge is 2.34. The second kappa shape index (κ2) is 5.08. The number of halogens is 1. The van der Waals surface area contributed by atoms with Crippen LogP contribution in [-0.4, -0.2) is 28.8 Å². The first-order valence-electron chi connectivity index (χ1n) is 7.25. The third-order valence-corrected chi connectivity index (χ3v) is 4.62. The Balaban J connectivity index is 1.98. The lowest BCUT2D eigenvalue weighted by molar-refractivity contribution is -0.110. The third-order valence-electron chi connectivity index (χ3n) is 4.37. The molecule has 2 heterocycles. The minimum Gasteiger partial charge on any atom is -0.410 e. The molecule has 0 unspecified atom stereocenters. The molecule has 0 atom stereocenters. The molecule has 2 aromatic carbocycles. The second-order valence-electron chi connectivity index (χ2n) is 5.89. The molecule has 0 spiro atoms. The summed E-state index contributed by atoms with van der Waals surface area (Å²) in [5, 5.41) is 15.9. The average molecular weight is 328 g/mol. The zero-order valence-corrected chi connectivity index (χ0v) is 13.2. The maximum Gasteiger partial charge on any atom is 0.278 e. The SMILES string of the molecule is CN1Cc2c(-c3ccc(Cl)cc3)cc3c(c2C1)NC(=O)C3=NO.